The molecule has 2 unspecified atom stereocenters. The molecule has 2 aliphatic heterocycles. The second kappa shape index (κ2) is 7.54. The molecule has 4 heterocycles. The highest BCUT2D eigenvalue weighted by atomic mass is 35.5. The van der Waals surface area contributed by atoms with Gasteiger partial charge in [-0.1, -0.05) is 24.3 Å². The maximum absolute atomic E-state index is 13.4. The third-order valence-electron chi connectivity index (χ3n) is 6.52. The number of nitrogens with one attached hydrogen (secondary N) is 1. The molecule has 0 saturated carbocycles. The van der Waals surface area contributed by atoms with Crippen LogP contribution in [0.5, 0.6) is 0 Å². The van der Waals surface area contributed by atoms with E-state index in [1.54, 1.807) is 11.3 Å². The van der Waals surface area contributed by atoms with Crippen molar-refractivity contribution in [3.8, 4) is 10.6 Å². The molecule has 2 aromatic heterocycles. The number of hydrogen-bond donors (Lipinski definition) is 1. The largest absolute Gasteiger partial charge is 0.349 e. The Hall–Kier alpha value is -1.82. The molecule has 4 nitrogen and oxygen atoms in total. The number of hydrogen-bond acceptors (Lipinski definition) is 3. The van der Waals surface area contributed by atoms with E-state index in [1.807, 2.05) is 18.2 Å². The molecule has 2 atom stereocenters. The van der Waals surface area contributed by atoms with Gasteiger partial charge in [0.15, 0.2) is 0 Å². The van der Waals surface area contributed by atoms with Crippen molar-refractivity contribution in [3.63, 3.8) is 0 Å². The van der Waals surface area contributed by atoms with E-state index in [0.717, 1.165) is 39.9 Å². The summed E-state index contributed by atoms with van der Waals surface area (Å²) in [6, 6.07) is 13.9. The molecule has 2 bridgehead atoms. The molecule has 0 radical (unpaired) electrons. The third-order valence-corrected chi connectivity index (χ3v) is 7.40. The Kier molecular flexibility index (Phi) is 5.25. The van der Waals surface area contributed by atoms with Crippen LogP contribution in [0.25, 0.3) is 21.5 Å². The number of amides is 1. The van der Waals surface area contributed by atoms with E-state index in [-0.39, 0.29) is 24.4 Å². The number of rotatable bonds is 3. The summed E-state index contributed by atoms with van der Waals surface area (Å²) < 4.78 is 2.16. The van der Waals surface area contributed by atoms with Gasteiger partial charge in [0.1, 0.15) is 0 Å². The van der Waals surface area contributed by atoms with Gasteiger partial charge in [0.25, 0.3) is 5.91 Å². The minimum atomic E-state index is 0. The lowest BCUT2D eigenvalue weighted by molar-refractivity contribution is 0.0884. The fourth-order valence-corrected chi connectivity index (χ4v) is 5.92. The normalized spacial score (nSPS) is 24.3. The van der Waals surface area contributed by atoms with Gasteiger partial charge >= 0.3 is 0 Å². The fourth-order valence-electron chi connectivity index (χ4n) is 5.11. The van der Waals surface area contributed by atoms with Crippen LogP contribution < -0.4 is 5.32 Å². The highest BCUT2D eigenvalue weighted by Gasteiger charge is 2.39. The first-order valence-electron chi connectivity index (χ1n) is 9.77. The number of benzene rings is 1. The smallest absolute Gasteiger partial charge is 0.254 e. The number of aromatic nitrogens is 1. The van der Waals surface area contributed by atoms with Crippen molar-refractivity contribution >= 4 is 40.6 Å². The third kappa shape index (κ3) is 3.06. The van der Waals surface area contributed by atoms with Gasteiger partial charge in [-0.25, -0.2) is 0 Å². The standard InChI is InChI=1S/C22H25N3OS.ClH/c1-24-15-9-10-16(24)13-14(12-15)23-22(26)20-17-6-3-4-7-18(17)25(2)21(20)19-8-5-11-27-19;/h3-8,11,14-16H,9-10,12-13H2,1-2H3,(H,23,26);1H. The molecular formula is C22H26ClN3OS. The molecule has 6 heteroatoms. The first kappa shape index (κ1) is 19.5. The van der Waals surface area contributed by atoms with E-state index in [1.165, 1.54) is 12.8 Å². The molecule has 0 spiro atoms. The Labute approximate surface area is 175 Å². The molecule has 0 aliphatic carbocycles. The van der Waals surface area contributed by atoms with Crippen LogP contribution in [0.1, 0.15) is 36.0 Å². The summed E-state index contributed by atoms with van der Waals surface area (Å²) in [4.78, 5) is 17.1. The van der Waals surface area contributed by atoms with Crippen LogP contribution in [0.4, 0.5) is 0 Å². The molecule has 1 N–H and O–H groups in total. The number of carbonyl (C=O) groups is 1. The van der Waals surface area contributed by atoms with Crippen LogP contribution >= 0.6 is 23.7 Å². The lowest BCUT2D eigenvalue weighted by Crippen LogP contribution is -2.48. The van der Waals surface area contributed by atoms with Gasteiger partial charge in [0, 0.05) is 36.1 Å². The average molecular weight is 416 g/mol. The van der Waals surface area contributed by atoms with Crippen molar-refractivity contribution in [1.29, 1.82) is 0 Å². The van der Waals surface area contributed by atoms with Crippen molar-refractivity contribution in [2.45, 2.75) is 43.8 Å². The number of halogens is 1. The Morgan fingerprint density at radius 3 is 2.46 bits per heavy atom. The summed E-state index contributed by atoms with van der Waals surface area (Å²) >= 11 is 1.69. The van der Waals surface area contributed by atoms with Crippen LogP contribution in [0.15, 0.2) is 41.8 Å². The summed E-state index contributed by atoms with van der Waals surface area (Å²) in [7, 11) is 4.30. The number of thiophene rings is 1. The van der Waals surface area contributed by atoms with Gasteiger partial charge in [-0.15, -0.1) is 23.7 Å². The summed E-state index contributed by atoms with van der Waals surface area (Å²) in [5.74, 6) is 0.0733. The summed E-state index contributed by atoms with van der Waals surface area (Å²) in [6.07, 6.45) is 4.67. The second-order valence-electron chi connectivity index (χ2n) is 7.97. The Morgan fingerprint density at radius 1 is 1.07 bits per heavy atom. The highest BCUT2D eigenvalue weighted by Crippen LogP contribution is 2.37. The van der Waals surface area contributed by atoms with Gasteiger partial charge < -0.3 is 14.8 Å². The molecule has 2 fully saturated rings. The van der Waals surface area contributed by atoms with E-state index < -0.39 is 0 Å². The van der Waals surface area contributed by atoms with E-state index in [0.29, 0.717) is 12.1 Å². The van der Waals surface area contributed by atoms with Crippen LogP contribution in [-0.2, 0) is 7.05 Å². The van der Waals surface area contributed by atoms with Gasteiger partial charge in [-0.3, -0.25) is 4.79 Å². The van der Waals surface area contributed by atoms with Gasteiger partial charge in [-0.05, 0) is 50.2 Å². The Balaban J connectivity index is 0.00000192. The van der Waals surface area contributed by atoms with Gasteiger partial charge in [0.05, 0.1) is 16.1 Å². The minimum Gasteiger partial charge on any atom is -0.349 e. The van der Waals surface area contributed by atoms with Crippen molar-refractivity contribution in [2.75, 3.05) is 7.05 Å². The molecule has 3 aromatic rings. The van der Waals surface area contributed by atoms with Crippen molar-refractivity contribution in [3.05, 3.63) is 47.3 Å². The van der Waals surface area contributed by atoms with Crippen LogP contribution in [0.3, 0.4) is 0 Å². The zero-order valence-electron chi connectivity index (χ0n) is 16.2. The van der Waals surface area contributed by atoms with Crippen molar-refractivity contribution in [2.24, 2.45) is 7.05 Å². The lowest BCUT2D eigenvalue weighted by atomic mass is 9.97. The maximum Gasteiger partial charge on any atom is 0.254 e. The number of nitrogens with zero attached hydrogens (tertiary/aromatic N) is 2. The predicted molar refractivity (Wildman–Crippen MR) is 119 cm³/mol. The molecule has 28 heavy (non-hydrogen) atoms. The minimum absolute atomic E-state index is 0. The van der Waals surface area contributed by atoms with Crippen molar-refractivity contribution < 1.29 is 4.79 Å². The average Bonchev–Trinajstić information content (AvgIpc) is 3.33. The topological polar surface area (TPSA) is 37.3 Å². The first-order chi connectivity index (χ1) is 13.1. The molecule has 2 saturated heterocycles. The first-order valence-corrected chi connectivity index (χ1v) is 10.7. The molecule has 1 aromatic carbocycles. The molecule has 1 amide bonds. The van der Waals surface area contributed by atoms with Crippen LogP contribution in [0.2, 0.25) is 0 Å². The van der Waals surface area contributed by atoms with Gasteiger partial charge in [0.2, 0.25) is 0 Å². The quantitative estimate of drug-likeness (QED) is 0.674. The Morgan fingerprint density at radius 2 is 1.79 bits per heavy atom. The van der Waals surface area contributed by atoms with Gasteiger partial charge in [-0.2, -0.15) is 0 Å². The number of carbonyl (C=O) groups excluding carboxylic acids is 1. The molecule has 148 valence electrons. The Bertz CT molecular complexity index is 983. The summed E-state index contributed by atoms with van der Waals surface area (Å²) in [6.45, 7) is 0. The van der Waals surface area contributed by atoms with Crippen LogP contribution in [-0.4, -0.2) is 40.5 Å². The monoisotopic (exact) mass is 415 g/mol. The number of piperidine rings is 1. The van der Waals surface area contributed by atoms with Crippen molar-refractivity contribution in [1.82, 2.24) is 14.8 Å². The van der Waals surface area contributed by atoms with E-state index in [2.05, 4.69) is 52.5 Å². The number of para-hydroxylation sites is 1. The lowest BCUT2D eigenvalue weighted by Gasteiger charge is -2.36. The number of aryl methyl sites for hydroxylation is 1. The molecule has 5 rings (SSSR count). The van der Waals surface area contributed by atoms with E-state index >= 15 is 0 Å². The highest BCUT2D eigenvalue weighted by molar-refractivity contribution is 7.13. The zero-order valence-corrected chi connectivity index (χ0v) is 17.9. The predicted octanol–water partition coefficient (Wildman–Crippen LogP) is 4.68. The molecular weight excluding hydrogens is 390 g/mol. The summed E-state index contributed by atoms with van der Waals surface area (Å²) in [5, 5.41) is 6.50. The SMILES string of the molecule is CN1C2CCC1CC(NC(=O)c1c(-c3cccs3)n(C)c3ccccc13)C2.Cl. The number of fused-ring (bicyclic) bond motifs is 3. The van der Waals surface area contributed by atoms with E-state index in [9.17, 15) is 4.79 Å². The maximum atomic E-state index is 13.4. The zero-order chi connectivity index (χ0) is 18.5. The summed E-state index contributed by atoms with van der Waals surface area (Å²) in [5.41, 5.74) is 2.95. The fraction of sp³-hybridized carbons (Fsp3) is 0.409. The second-order valence-corrected chi connectivity index (χ2v) is 8.92. The van der Waals surface area contributed by atoms with E-state index in [4.69, 9.17) is 0 Å². The van der Waals surface area contributed by atoms with Crippen LogP contribution in [0, 0.1) is 0 Å². The molecule has 2 aliphatic rings.